The molecule has 5 heteroatoms. The molecule has 0 spiro atoms. The van der Waals surface area contributed by atoms with E-state index in [2.05, 4.69) is 22.6 Å². The molecule has 0 aliphatic carbocycles. The highest BCUT2D eigenvalue weighted by molar-refractivity contribution is 5.40. The Balaban J connectivity index is 2.42. The second kappa shape index (κ2) is 5.18. The Morgan fingerprint density at radius 2 is 2.17 bits per heavy atom. The van der Waals surface area contributed by atoms with Crippen molar-refractivity contribution in [2.75, 3.05) is 14.2 Å². The maximum atomic E-state index is 5.22. The summed E-state index contributed by atoms with van der Waals surface area (Å²) in [6.07, 6.45) is 0. The fraction of sp³-hybridized carbons (Fsp3) is 0.385. The zero-order valence-corrected chi connectivity index (χ0v) is 11.1. The standard InChI is InChI=1S/C13H18N4O/c1-9(14-3)13-10(2)17(16-15-13)11-6-5-7-12(8-11)18-4/h5-9,14H,1-4H3. The van der Waals surface area contributed by atoms with Gasteiger partial charge in [0.25, 0.3) is 0 Å². The summed E-state index contributed by atoms with van der Waals surface area (Å²) in [6.45, 7) is 4.08. The van der Waals surface area contributed by atoms with Crippen LogP contribution in [0.3, 0.4) is 0 Å². The Kier molecular flexibility index (Phi) is 3.62. The van der Waals surface area contributed by atoms with E-state index in [0.717, 1.165) is 22.8 Å². The lowest BCUT2D eigenvalue weighted by Crippen LogP contribution is -2.14. The van der Waals surface area contributed by atoms with E-state index in [-0.39, 0.29) is 6.04 Å². The number of hydrogen-bond donors (Lipinski definition) is 1. The van der Waals surface area contributed by atoms with E-state index in [9.17, 15) is 0 Å². The molecule has 0 saturated heterocycles. The number of nitrogens with one attached hydrogen (secondary N) is 1. The molecule has 0 saturated carbocycles. The van der Waals surface area contributed by atoms with Gasteiger partial charge in [-0.1, -0.05) is 11.3 Å². The van der Waals surface area contributed by atoms with Crippen LogP contribution in [0, 0.1) is 6.92 Å². The van der Waals surface area contributed by atoms with Gasteiger partial charge >= 0.3 is 0 Å². The van der Waals surface area contributed by atoms with Gasteiger partial charge in [-0.05, 0) is 33.0 Å². The van der Waals surface area contributed by atoms with Crippen molar-refractivity contribution in [3.63, 3.8) is 0 Å². The molecule has 0 aliphatic heterocycles. The van der Waals surface area contributed by atoms with Gasteiger partial charge in [0.15, 0.2) is 0 Å². The lowest BCUT2D eigenvalue weighted by molar-refractivity contribution is 0.414. The number of nitrogens with zero attached hydrogens (tertiary/aromatic N) is 3. The van der Waals surface area contributed by atoms with Crippen LogP contribution in [0.1, 0.15) is 24.4 Å². The number of hydrogen-bond acceptors (Lipinski definition) is 4. The van der Waals surface area contributed by atoms with Crippen LogP contribution in [0.4, 0.5) is 0 Å². The van der Waals surface area contributed by atoms with Crippen LogP contribution < -0.4 is 10.1 Å². The molecule has 0 bridgehead atoms. The molecular formula is C13H18N4O. The summed E-state index contributed by atoms with van der Waals surface area (Å²) in [5.41, 5.74) is 2.94. The van der Waals surface area contributed by atoms with Gasteiger partial charge in [0, 0.05) is 6.07 Å². The zero-order chi connectivity index (χ0) is 13.1. The van der Waals surface area contributed by atoms with Crippen LogP contribution in [0.5, 0.6) is 5.75 Å². The van der Waals surface area contributed by atoms with E-state index < -0.39 is 0 Å². The third kappa shape index (κ3) is 2.22. The minimum Gasteiger partial charge on any atom is -0.497 e. The van der Waals surface area contributed by atoms with Crippen molar-refractivity contribution < 1.29 is 4.74 Å². The molecule has 0 radical (unpaired) electrons. The molecule has 18 heavy (non-hydrogen) atoms. The fourth-order valence-electron chi connectivity index (χ4n) is 1.87. The van der Waals surface area contributed by atoms with Gasteiger partial charge in [-0.25, -0.2) is 4.68 Å². The fourth-order valence-corrected chi connectivity index (χ4v) is 1.87. The van der Waals surface area contributed by atoms with Crippen LogP contribution in [0.2, 0.25) is 0 Å². The average molecular weight is 246 g/mol. The summed E-state index contributed by atoms with van der Waals surface area (Å²) in [5.74, 6) is 0.811. The maximum Gasteiger partial charge on any atom is 0.121 e. The predicted molar refractivity (Wildman–Crippen MR) is 70.1 cm³/mol. The molecule has 96 valence electrons. The van der Waals surface area contributed by atoms with E-state index in [1.54, 1.807) is 7.11 Å². The monoisotopic (exact) mass is 246 g/mol. The highest BCUT2D eigenvalue weighted by Gasteiger charge is 2.14. The smallest absolute Gasteiger partial charge is 0.121 e. The largest absolute Gasteiger partial charge is 0.497 e. The second-order valence-electron chi connectivity index (χ2n) is 4.18. The normalized spacial score (nSPS) is 12.4. The lowest BCUT2D eigenvalue weighted by Gasteiger charge is -2.09. The molecule has 1 heterocycles. The molecule has 5 nitrogen and oxygen atoms in total. The van der Waals surface area contributed by atoms with Crippen LogP contribution in [-0.2, 0) is 0 Å². The number of methoxy groups -OCH3 is 1. The molecule has 1 unspecified atom stereocenters. The quantitative estimate of drug-likeness (QED) is 0.894. The van der Waals surface area contributed by atoms with E-state index in [1.165, 1.54) is 0 Å². The van der Waals surface area contributed by atoms with Crippen molar-refractivity contribution in [2.24, 2.45) is 0 Å². The van der Waals surface area contributed by atoms with Crippen LogP contribution in [0.15, 0.2) is 24.3 Å². The number of rotatable bonds is 4. The molecule has 0 fully saturated rings. The molecule has 1 N–H and O–H groups in total. The topological polar surface area (TPSA) is 52.0 Å². The molecule has 2 rings (SSSR count). The van der Waals surface area contributed by atoms with E-state index in [4.69, 9.17) is 4.74 Å². The SMILES string of the molecule is CNC(C)c1nnn(-c2cccc(OC)c2)c1C. The van der Waals surface area contributed by atoms with Gasteiger partial charge in [0.05, 0.1) is 24.5 Å². The molecular weight excluding hydrogens is 228 g/mol. The first-order chi connectivity index (χ1) is 8.67. The number of benzene rings is 1. The first kappa shape index (κ1) is 12.6. The summed E-state index contributed by atoms with van der Waals surface area (Å²) in [6, 6.07) is 7.96. The van der Waals surface area contributed by atoms with Crippen molar-refractivity contribution in [3.8, 4) is 11.4 Å². The third-order valence-electron chi connectivity index (χ3n) is 3.07. The summed E-state index contributed by atoms with van der Waals surface area (Å²) in [5, 5.41) is 11.6. The van der Waals surface area contributed by atoms with Crippen molar-refractivity contribution in [1.29, 1.82) is 0 Å². The van der Waals surface area contributed by atoms with Gasteiger partial charge in [-0.15, -0.1) is 5.10 Å². The summed E-state index contributed by atoms with van der Waals surface area (Å²) in [4.78, 5) is 0. The number of ether oxygens (including phenoxy) is 1. The van der Waals surface area contributed by atoms with Crippen LogP contribution in [0.25, 0.3) is 5.69 Å². The third-order valence-corrected chi connectivity index (χ3v) is 3.07. The van der Waals surface area contributed by atoms with Crippen molar-refractivity contribution in [1.82, 2.24) is 20.3 Å². The average Bonchev–Trinajstić information content (AvgIpc) is 2.80. The van der Waals surface area contributed by atoms with Crippen molar-refractivity contribution in [2.45, 2.75) is 19.9 Å². The van der Waals surface area contributed by atoms with Gasteiger partial charge in [0.1, 0.15) is 11.4 Å². The molecule has 0 aliphatic rings. The van der Waals surface area contributed by atoms with Crippen molar-refractivity contribution in [3.05, 3.63) is 35.7 Å². The van der Waals surface area contributed by atoms with E-state index in [0.29, 0.717) is 0 Å². The zero-order valence-electron chi connectivity index (χ0n) is 11.1. The Hall–Kier alpha value is -1.88. The minimum atomic E-state index is 0.185. The summed E-state index contributed by atoms with van der Waals surface area (Å²) >= 11 is 0. The van der Waals surface area contributed by atoms with E-state index in [1.807, 2.05) is 42.9 Å². The Morgan fingerprint density at radius 3 is 2.83 bits per heavy atom. The Bertz CT molecular complexity index is 536. The van der Waals surface area contributed by atoms with E-state index >= 15 is 0 Å². The van der Waals surface area contributed by atoms with Crippen LogP contribution in [-0.4, -0.2) is 29.2 Å². The van der Waals surface area contributed by atoms with Gasteiger partial charge in [-0.3, -0.25) is 0 Å². The van der Waals surface area contributed by atoms with Gasteiger partial charge < -0.3 is 10.1 Å². The highest BCUT2D eigenvalue weighted by atomic mass is 16.5. The van der Waals surface area contributed by atoms with Crippen LogP contribution >= 0.6 is 0 Å². The molecule has 1 aromatic carbocycles. The molecule has 2 aromatic rings. The molecule has 0 amide bonds. The minimum absolute atomic E-state index is 0.185. The summed E-state index contributed by atoms with van der Waals surface area (Å²) in [7, 11) is 3.57. The van der Waals surface area contributed by atoms with Gasteiger partial charge in [0.2, 0.25) is 0 Å². The molecule has 1 aromatic heterocycles. The number of aromatic nitrogens is 3. The maximum absolute atomic E-state index is 5.22. The lowest BCUT2D eigenvalue weighted by atomic mass is 10.2. The van der Waals surface area contributed by atoms with Gasteiger partial charge in [-0.2, -0.15) is 0 Å². The van der Waals surface area contributed by atoms with Crippen molar-refractivity contribution >= 4 is 0 Å². The second-order valence-corrected chi connectivity index (χ2v) is 4.18. The summed E-state index contributed by atoms with van der Waals surface area (Å²) < 4.78 is 7.04. The first-order valence-electron chi connectivity index (χ1n) is 5.91. The highest BCUT2D eigenvalue weighted by Crippen LogP contribution is 2.20. The first-order valence-corrected chi connectivity index (χ1v) is 5.91. The Labute approximate surface area is 107 Å². The predicted octanol–water partition coefficient (Wildman–Crippen LogP) is 1.86. The Morgan fingerprint density at radius 1 is 1.39 bits per heavy atom. The molecule has 1 atom stereocenters.